The molecular weight excluding hydrogens is 126 g/mol. The number of sulfonamides is 1. The summed E-state index contributed by atoms with van der Waals surface area (Å²) in [6.45, 7) is 1.84. The van der Waals surface area contributed by atoms with Crippen LogP contribution in [0.4, 0.5) is 0 Å². The smallest absolute Gasteiger partial charge is 0.225 e. The van der Waals surface area contributed by atoms with Crippen LogP contribution in [0.5, 0.6) is 0 Å². The first-order chi connectivity index (χ1) is 3.56. The molecule has 48 valence electrons. The van der Waals surface area contributed by atoms with Crippen molar-refractivity contribution in [2.24, 2.45) is 5.14 Å². The first-order valence-electron chi connectivity index (χ1n) is 2.25. The lowest BCUT2D eigenvalue weighted by Gasteiger charge is -1.80. The van der Waals surface area contributed by atoms with Gasteiger partial charge in [0.2, 0.25) is 10.0 Å². The van der Waals surface area contributed by atoms with Crippen molar-refractivity contribution in [2.75, 3.05) is 0 Å². The molecule has 0 aromatic carbocycles. The van der Waals surface area contributed by atoms with Crippen LogP contribution in [0, 0.1) is 0 Å². The fourth-order valence-corrected chi connectivity index (χ4v) is 0.691. The van der Waals surface area contributed by atoms with E-state index in [1.807, 2.05) is 6.92 Å². The molecule has 0 atom stereocenters. The van der Waals surface area contributed by atoms with Crippen molar-refractivity contribution in [1.29, 1.82) is 0 Å². The molecule has 0 aromatic rings. The van der Waals surface area contributed by atoms with E-state index in [2.05, 4.69) is 5.14 Å². The van der Waals surface area contributed by atoms with Crippen molar-refractivity contribution in [3.05, 3.63) is 11.5 Å². The Morgan fingerprint density at radius 2 is 2.12 bits per heavy atom. The third-order valence-corrected chi connectivity index (χ3v) is 1.09. The predicted molar refractivity (Wildman–Crippen MR) is 32.5 cm³/mol. The minimum absolute atomic E-state index is 0.691. The lowest BCUT2D eigenvalue weighted by atomic mass is 10.5. The number of primary sulfonamides is 1. The van der Waals surface area contributed by atoms with E-state index in [0.717, 1.165) is 5.41 Å². The van der Waals surface area contributed by atoms with Crippen LogP contribution in [0.25, 0.3) is 0 Å². The average Bonchev–Trinajstić information content (AvgIpc) is 1.59. The van der Waals surface area contributed by atoms with Gasteiger partial charge in [-0.3, -0.25) is 0 Å². The highest BCUT2D eigenvalue weighted by Crippen LogP contribution is 1.83. The van der Waals surface area contributed by atoms with E-state index in [9.17, 15) is 8.42 Å². The third kappa shape index (κ3) is 5.65. The Labute approximate surface area is 49.2 Å². The molecule has 0 aromatic heterocycles. The summed E-state index contributed by atoms with van der Waals surface area (Å²) in [4.78, 5) is 0. The van der Waals surface area contributed by atoms with Gasteiger partial charge in [-0.2, -0.15) is 0 Å². The van der Waals surface area contributed by atoms with Crippen LogP contribution >= 0.6 is 0 Å². The van der Waals surface area contributed by atoms with E-state index >= 15 is 0 Å². The van der Waals surface area contributed by atoms with Crippen molar-refractivity contribution in [1.82, 2.24) is 0 Å². The van der Waals surface area contributed by atoms with Gasteiger partial charge in [0.25, 0.3) is 0 Å². The Hall–Kier alpha value is -0.350. The average molecular weight is 135 g/mol. The van der Waals surface area contributed by atoms with Gasteiger partial charge >= 0.3 is 0 Å². The molecular formula is C4H9NO2S. The number of allylic oxidation sites excluding steroid dienone is 1. The van der Waals surface area contributed by atoms with Gasteiger partial charge in [0.15, 0.2) is 0 Å². The Morgan fingerprint density at radius 3 is 2.25 bits per heavy atom. The third-order valence-electron chi connectivity index (χ3n) is 0.522. The summed E-state index contributed by atoms with van der Waals surface area (Å²) in [7, 11) is -3.37. The molecule has 4 heteroatoms. The van der Waals surface area contributed by atoms with E-state index in [-0.39, 0.29) is 0 Å². The summed E-state index contributed by atoms with van der Waals surface area (Å²) in [6, 6.07) is 0. The summed E-state index contributed by atoms with van der Waals surface area (Å²) in [6.07, 6.45) is 2.19. The van der Waals surface area contributed by atoms with Crippen LogP contribution in [-0.2, 0) is 10.0 Å². The summed E-state index contributed by atoms with van der Waals surface area (Å²) < 4.78 is 20.2. The number of rotatable bonds is 2. The van der Waals surface area contributed by atoms with Crippen molar-refractivity contribution < 1.29 is 8.42 Å². The van der Waals surface area contributed by atoms with Crippen molar-refractivity contribution in [3.8, 4) is 0 Å². The van der Waals surface area contributed by atoms with Gasteiger partial charge in [-0.25, -0.2) is 13.6 Å². The Morgan fingerprint density at radius 1 is 1.62 bits per heavy atom. The van der Waals surface area contributed by atoms with Gasteiger partial charge in [-0.15, -0.1) is 0 Å². The highest BCUT2D eigenvalue weighted by molar-refractivity contribution is 7.92. The van der Waals surface area contributed by atoms with E-state index in [4.69, 9.17) is 0 Å². The van der Waals surface area contributed by atoms with Crippen LogP contribution in [0.3, 0.4) is 0 Å². The summed E-state index contributed by atoms with van der Waals surface area (Å²) in [5.74, 6) is 0. The molecule has 2 N–H and O–H groups in total. The molecule has 0 saturated heterocycles. The van der Waals surface area contributed by atoms with Crippen molar-refractivity contribution in [3.63, 3.8) is 0 Å². The monoisotopic (exact) mass is 135 g/mol. The zero-order valence-corrected chi connectivity index (χ0v) is 5.48. The highest BCUT2D eigenvalue weighted by atomic mass is 32.2. The zero-order valence-electron chi connectivity index (χ0n) is 4.66. The first kappa shape index (κ1) is 7.65. The van der Waals surface area contributed by atoms with Gasteiger partial charge in [0, 0.05) is 5.41 Å². The van der Waals surface area contributed by atoms with Gasteiger partial charge in [0.05, 0.1) is 0 Å². The minimum atomic E-state index is -3.37. The second kappa shape index (κ2) is 2.84. The van der Waals surface area contributed by atoms with E-state index in [0.29, 0.717) is 6.42 Å². The number of nitrogens with two attached hydrogens (primary N) is 1. The second-order valence-electron chi connectivity index (χ2n) is 1.37. The fourth-order valence-electron chi connectivity index (χ4n) is 0.230. The molecule has 3 nitrogen and oxygen atoms in total. The van der Waals surface area contributed by atoms with Crippen LogP contribution in [0.2, 0.25) is 0 Å². The summed E-state index contributed by atoms with van der Waals surface area (Å²) in [5.41, 5.74) is 0. The van der Waals surface area contributed by atoms with Crippen LogP contribution in [0.1, 0.15) is 13.3 Å². The molecule has 0 amide bonds. The van der Waals surface area contributed by atoms with Crippen LogP contribution < -0.4 is 5.14 Å². The Bertz CT molecular complexity index is 168. The Balaban J connectivity index is 3.92. The predicted octanol–water partition coefficient (Wildman–Crippen LogP) is 0.199. The van der Waals surface area contributed by atoms with Gasteiger partial charge < -0.3 is 0 Å². The van der Waals surface area contributed by atoms with E-state index in [1.54, 1.807) is 0 Å². The molecule has 0 fully saturated rings. The second-order valence-corrected chi connectivity index (χ2v) is 2.82. The summed E-state index contributed by atoms with van der Waals surface area (Å²) >= 11 is 0. The SMILES string of the molecule is CCC=CS(N)(=O)=O. The van der Waals surface area contributed by atoms with Gasteiger partial charge in [-0.05, 0) is 6.42 Å². The molecule has 0 aliphatic carbocycles. The van der Waals surface area contributed by atoms with E-state index < -0.39 is 10.0 Å². The zero-order chi connectivity index (χ0) is 6.62. The minimum Gasteiger partial charge on any atom is -0.225 e. The molecule has 0 unspecified atom stereocenters. The van der Waals surface area contributed by atoms with Crippen LogP contribution in [-0.4, -0.2) is 8.42 Å². The molecule has 0 aliphatic rings. The quantitative estimate of drug-likeness (QED) is 0.588. The van der Waals surface area contributed by atoms with Crippen LogP contribution in [0.15, 0.2) is 11.5 Å². The van der Waals surface area contributed by atoms with Gasteiger partial charge in [-0.1, -0.05) is 13.0 Å². The normalized spacial score (nSPS) is 12.8. The summed E-state index contributed by atoms with van der Waals surface area (Å²) in [5, 5.41) is 5.60. The molecule has 0 aliphatic heterocycles. The van der Waals surface area contributed by atoms with Crippen molar-refractivity contribution in [2.45, 2.75) is 13.3 Å². The number of hydrogen-bond acceptors (Lipinski definition) is 2. The first-order valence-corrected chi connectivity index (χ1v) is 3.86. The number of hydrogen-bond donors (Lipinski definition) is 1. The molecule has 8 heavy (non-hydrogen) atoms. The lowest BCUT2D eigenvalue weighted by Crippen LogP contribution is -2.06. The largest absolute Gasteiger partial charge is 0.230 e. The standard InChI is InChI=1S/C4H9NO2S/c1-2-3-4-8(5,6)7/h3-4H,2H2,1H3,(H2,5,6,7). The maximum absolute atomic E-state index is 10.1. The highest BCUT2D eigenvalue weighted by Gasteiger charge is 1.88. The van der Waals surface area contributed by atoms with Crippen molar-refractivity contribution >= 4 is 10.0 Å². The van der Waals surface area contributed by atoms with E-state index in [1.165, 1.54) is 6.08 Å². The molecule has 0 spiro atoms. The Kier molecular flexibility index (Phi) is 2.71. The topological polar surface area (TPSA) is 60.2 Å². The molecule has 0 heterocycles. The molecule has 0 rings (SSSR count). The lowest BCUT2D eigenvalue weighted by molar-refractivity contribution is 0.606. The molecule has 0 saturated carbocycles. The molecule has 0 bridgehead atoms. The van der Waals surface area contributed by atoms with Gasteiger partial charge in [0.1, 0.15) is 0 Å². The maximum Gasteiger partial charge on any atom is 0.230 e. The fraction of sp³-hybridized carbons (Fsp3) is 0.500. The molecule has 0 radical (unpaired) electrons. The maximum atomic E-state index is 10.1.